The minimum Gasteiger partial charge on any atom is -0.466 e. The molecule has 0 aliphatic carbocycles. The summed E-state index contributed by atoms with van der Waals surface area (Å²) in [5, 5.41) is 9.68. The fourth-order valence-electron chi connectivity index (χ4n) is 1.93. The van der Waals surface area contributed by atoms with Gasteiger partial charge in [0.1, 0.15) is 0 Å². The first kappa shape index (κ1) is 13.4. The average Bonchev–Trinajstić information content (AvgIpc) is 2.65. The van der Waals surface area contributed by atoms with Crippen molar-refractivity contribution in [3.63, 3.8) is 0 Å². The van der Waals surface area contributed by atoms with E-state index in [2.05, 4.69) is 4.90 Å². The lowest BCUT2D eigenvalue weighted by atomic mass is 10.2. The van der Waals surface area contributed by atoms with Gasteiger partial charge in [0.25, 0.3) is 0 Å². The molecule has 2 unspecified atom stereocenters. The first-order chi connectivity index (χ1) is 7.65. The maximum absolute atomic E-state index is 11.1. The van der Waals surface area contributed by atoms with E-state index in [0.29, 0.717) is 13.2 Å². The van der Waals surface area contributed by atoms with Gasteiger partial charge in [-0.25, -0.2) is 0 Å². The van der Waals surface area contributed by atoms with Crippen LogP contribution in [0.1, 0.15) is 19.8 Å². The van der Waals surface area contributed by atoms with Crippen molar-refractivity contribution < 1.29 is 19.4 Å². The van der Waals surface area contributed by atoms with Crippen LogP contribution in [0.5, 0.6) is 0 Å². The standard InChI is InChI=1S/C11H21NO4/c1-3-16-11(14)6-9(13)7-12-5-4-10(8-12)15-2/h9-10,13H,3-8H2,1-2H3. The van der Waals surface area contributed by atoms with Crippen molar-refractivity contribution in [3.05, 3.63) is 0 Å². The van der Waals surface area contributed by atoms with Gasteiger partial charge in [-0.2, -0.15) is 0 Å². The van der Waals surface area contributed by atoms with E-state index in [1.807, 2.05) is 0 Å². The van der Waals surface area contributed by atoms with Crippen LogP contribution in [-0.2, 0) is 14.3 Å². The second-order valence-electron chi connectivity index (χ2n) is 4.07. The Hall–Kier alpha value is -0.650. The number of carbonyl (C=O) groups is 1. The number of esters is 1. The first-order valence-electron chi connectivity index (χ1n) is 5.74. The monoisotopic (exact) mass is 231 g/mol. The predicted octanol–water partition coefficient (Wildman–Crippen LogP) is 0.0212. The van der Waals surface area contributed by atoms with Crippen LogP contribution in [0.2, 0.25) is 0 Å². The second-order valence-corrected chi connectivity index (χ2v) is 4.07. The van der Waals surface area contributed by atoms with E-state index in [9.17, 15) is 9.90 Å². The molecule has 5 heteroatoms. The molecular weight excluding hydrogens is 210 g/mol. The quantitative estimate of drug-likeness (QED) is 0.653. The predicted molar refractivity (Wildman–Crippen MR) is 59.1 cm³/mol. The summed E-state index contributed by atoms with van der Waals surface area (Å²) in [4.78, 5) is 13.2. The lowest BCUT2D eigenvalue weighted by molar-refractivity contribution is -0.145. The van der Waals surface area contributed by atoms with E-state index in [1.54, 1.807) is 14.0 Å². The Bertz CT molecular complexity index is 222. The lowest BCUT2D eigenvalue weighted by Gasteiger charge is -2.19. The molecule has 2 atom stereocenters. The minimum atomic E-state index is -0.644. The van der Waals surface area contributed by atoms with Crippen LogP contribution in [0, 0.1) is 0 Å². The number of β-amino-alcohol motifs (C(OH)–C–C–N with tert-alkyl or cyclic N) is 1. The van der Waals surface area contributed by atoms with Crippen LogP contribution in [0.4, 0.5) is 0 Å². The molecule has 1 heterocycles. The van der Waals surface area contributed by atoms with E-state index >= 15 is 0 Å². The Morgan fingerprint density at radius 2 is 2.38 bits per heavy atom. The molecule has 0 aromatic carbocycles. The number of nitrogens with zero attached hydrogens (tertiary/aromatic N) is 1. The first-order valence-corrected chi connectivity index (χ1v) is 5.74. The van der Waals surface area contributed by atoms with Gasteiger partial charge in [-0.1, -0.05) is 0 Å². The summed E-state index contributed by atoms with van der Waals surface area (Å²) in [7, 11) is 1.70. The Labute approximate surface area is 96.3 Å². The van der Waals surface area contributed by atoms with Crippen LogP contribution in [0.15, 0.2) is 0 Å². The smallest absolute Gasteiger partial charge is 0.308 e. The normalized spacial score (nSPS) is 23.3. The van der Waals surface area contributed by atoms with Gasteiger partial charge in [-0.3, -0.25) is 9.69 Å². The van der Waals surface area contributed by atoms with Crippen molar-refractivity contribution >= 4 is 5.97 Å². The summed E-state index contributed by atoms with van der Waals surface area (Å²) >= 11 is 0. The molecule has 1 N–H and O–H groups in total. The van der Waals surface area contributed by atoms with Crippen molar-refractivity contribution in [2.24, 2.45) is 0 Å². The summed E-state index contributed by atoms with van der Waals surface area (Å²) in [5.41, 5.74) is 0. The fraction of sp³-hybridized carbons (Fsp3) is 0.909. The molecule has 1 aliphatic rings. The summed E-state index contributed by atoms with van der Waals surface area (Å²) in [6.07, 6.45) is 0.675. The van der Waals surface area contributed by atoms with Gasteiger partial charge in [0.05, 0.1) is 25.2 Å². The molecule has 5 nitrogen and oxygen atoms in total. The number of ether oxygens (including phenoxy) is 2. The Morgan fingerprint density at radius 3 is 2.94 bits per heavy atom. The molecular formula is C11H21NO4. The SMILES string of the molecule is CCOC(=O)CC(O)CN1CCC(OC)C1. The van der Waals surface area contributed by atoms with Gasteiger partial charge in [0, 0.05) is 26.7 Å². The molecule has 0 bridgehead atoms. The molecule has 1 fully saturated rings. The van der Waals surface area contributed by atoms with Gasteiger partial charge < -0.3 is 14.6 Å². The van der Waals surface area contributed by atoms with Crippen molar-refractivity contribution in [3.8, 4) is 0 Å². The Kier molecular flexibility index (Phi) is 5.73. The number of methoxy groups -OCH3 is 1. The van der Waals surface area contributed by atoms with Crippen LogP contribution in [-0.4, -0.2) is 61.5 Å². The average molecular weight is 231 g/mol. The van der Waals surface area contributed by atoms with E-state index < -0.39 is 6.10 Å². The van der Waals surface area contributed by atoms with Crippen LogP contribution in [0.25, 0.3) is 0 Å². The van der Waals surface area contributed by atoms with Gasteiger partial charge in [0.2, 0.25) is 0 Å². The number of rotatable bonds is 6. The summed E-state index contributed by atoms with van der Waals surface area (Å²) in [6.45, 7) is 4.38. The minimum absolute atomic E-state index is 0.0714. The van der Waals surface area contributed by atoms with Crippen molar-refractivity contribution in [2.45, 2.75) is 32.0 Å². The molecule has 0 radical (unpaired) electrons. The van der Waals surface area contributed by atoms with Gasteiger partial charge in [-0.05, 0) is 13.3 Å². The van der Waals surface area contributed by atoms with Crippen molar-refractivity contribution in [1.29, 1.82) is 0 Å². The zero-order valence-corrected chi connectivity index (χ0v) is 10.0. The molecule has 16 heavy (non-hydrogen) atoms. The van der Waals surface area contributed by atoms with Crippen LogP contribution < -0.4 is 0 Å². The largest absolute Gasteiger partial charge is 0.466 e. The summed E-state index contributed by atoms with van der Waals surface area (Å²) < 4.78 is 10.0. The highest BCUT2D eigenvalue weighted by molar-refractivity contribution is 5.69. The lowest BCUT2D eigenvalue weighted by Crippen LogP contribution is -2.33. The van der Waals surface area contributed by atoms with Crippen LogP contribution >= 0.6 is 0 Å². The molecule has 1 aliphatic heterocycles. The third-order valence-corrected chi connectivity index (χ3v) is 2.74. The van der Waals surface area contributed by atoms with E-state index in [0.717, 1.165) is 19.5 Å². The molecule has 1 rings (SSSR count). The van der Waals surface area contributed by atoms with Gasteiger partial charge in [-0.15, -0.1) is 0 Å². The highest BCUT2D eigenvalue weighted by Crippen LogP contribution is 2.12. The Balaban J connectivity index is 2.19. The topological polar surface area (TPSA) is 59.0 Å². The summed E-state index contributed by atoms with van der Waals surface area (Å²) in [6, 6.07) is 0. The third kappa shape index (κ3) is 4.47. The molecule has 0 saturated carbocycles. The van der Waals surface area contributed by atoms with Crippen molar-refractivity contribution in [2.75, 3.05) is 33.4 Å². The third-order valence-electron chi connectivity index (χ3n) is 2.74. The molecule has 1 saturated heterocycles. The molecule has 0 amide bonds. The molecule has 0 aromatic rings. The van der Waals surface area contributed by atoms with Crippen LogP contribution in [0.3, 0.4) is 0 Å². The molecule has 0 aromatic heterocycles. The highest BCUT2D eigenvalue weighted by atomic mass is 16.5. The number of carbonyl (C=O) groups excluding carboxylic acids is 1. The number of aliphatic hydroxyl groups excluding tert-OH is 1. The van der Waals surface area contributed by atoms with E-state index in [-0.39, 0.29) is 18.5 Å². The van der Waals surface area contributed by atoms with E-state index in [4.69, 9.17) is 9.47 Å². The second kappa shape index (κ2) is 6.83. The number of likely N-dealkylation sites (tertiary alicyclic amines) is 1. The molecule has 0 spiro atoms. The number of hydrogen-bond donors (Lipinski definition) is 1. The fourth-order valence-corrected chi connectivity index (χ4v) is 1.93. The number of hydrogen-bond acceptors (Lipinski definition) is 5. The Morgan fingerprint density at radius 1 is 1.62 bits per heavy atom. The van der Waals surface area contributed by atoms with Crippen molar-refractivity contribution in [1.82, 2.24) is 4.90 Å². The van der Waals surface area contributed by atoms with E-state index in [1.165, 1.54) is 0 Å². The molecule has 94 valence electrons. The van der Waals surface area contributed by atoms with Gasteiger partial charge >= 0.3 is 5.97 Å². The maximum atomic E-state index is 11.1. The van der Waals surface area contributed by atoms with Gasteiger partial charge in [0.15, 0.2) is 0 Å². The summed E-state index contributed by atoms with van der Waals surface area (Å²) in [5.74, 6) is -0.336. The number of aliphatic hydroxyl groups is 1. The maximum Gasteiger partial charge on any atom is 0.308 e. The zero-order valence-electron chi connectivity index (χ0n) is 10.0. The highest BCUT2D eigenvalue weighted by Gasteiger charge is 2.24. The zero-order chi connectivity index (χ0) is 12.0.